The summed E-state index contributed by atoms with van der Waals surface area (Å²) in [7, 11) is 0. The number of aromatic amines is 1. The molecule has 0 radical (unpaired) electrons. The standard InChI is InChI=1S/C16H19FN4O/c1-2-18-16(22)21-9-5-8-14(21)15-19-10-13(20-15)11-6-3-4-7-12(11)17/h3-4,6-7,10,14H,2,5,8-9H2,1H3,(H,18,22)(H,19,20). The topological polar surface area (TPSA) is 61.0 Å². The highest BCUT2D eigenvalue weighted by atomic mass is 19.1. The predicted molar refractivity (Wildman–Crippen MR) is 81.7 cm³/mol. The van der Waals surface area contributed by atoms with Crippen LogP contribution in [-0.2, 0) is 0 Å². The number of halogens is 1. The number of urea groups is 1. The van der Waals surface area contributed by atoms with Crippen LogP contribution in [-0.4, -0.2) is 34.0 Å². The van der Waals surface area contributed by atoms with Crippen LogP contribution in [0.25, 0.3) is 11.3 Å². The van der Waals surface area contributed by atoms with Crippen LogP contribution in [0, 0.1) is 5.82 Å². The van der Waals surface area contributed by atoms with Gasteiger partial charge in [-0.1, -0.05) is 12.1 Å². The number of carbonyl (C=O) groups is 1. The predicted octanol–water partition coefficient (Wildman–Crippen LogP) is 3.08. The molecule has 5 nitrogen and oxygen atoms in total. The Balaban J connectivity index is 1.84. The summed E-state index contributed by atoms with van der Waals surface area (Å²) in [6.07, 6.45) is 3.43. The minimum Gasteiger partial charge on any atom is -0.340 e. The van der Waals surface area contributed by atoms with Crippen molar-refractivity contribution in [2.75, 3.05) is 13.1 Å². The number of H-pyrrole nitrogens is 1. The van der Waals surface area contributed by atoms with E-state index >= 15 is 0 Å². The van der Waals surface area contributed by atoms with Crippen molar-refractivity contribution in [3.8, 4) is 11.3 Å². The Kier molecular flexibility index (Phi) is 4.09. The van der Waals surface area contributed by atoms with E-state index in [2.05, 4.69) is 15.3 Å². The minimum absolute atomic E-state index is 0.0751. The molecule has 2 heterocycles. The van der Waals surface area contributed by atoms with Crippen molar-refractivity contribution < 1.29 is 9.18 Å². The van der Waals surface area contributed by atoms with Crippen molar-refractivity contribution in [1.82, 2.24) is 20.2 Å². The summed E-state index contributed by atoms with van der Waals surface area (Å²) >= 11 is 0. The van der Waals surface area contributed by atoms with Crippen molar-refractivity contribution in [1.29, 1.82) is 0 Å². The van der Waals surface area contributed by atoms with Gasteiger partial charge in [-0.15, -0.1) is 0 Å². The molecule has 1 aromatic heterocycles. The highest BCUT2D eigenvalue weighted by molar-refractivity contribution is 5.75. The molecule has 1 aromatic carbocycles. The van der Waals surface area contributed by atoms with Crippen molar-refractivity contribution in [2.24, 2.45) is 0 Å². The molecule has 1 aliphatic heterocycles. The van der Waals surface area contributed by atoms with E-state index in [4.69, 9.17) is 0 Å². The van der Waals surface area contributed by atoms with Gasteiger partial charge in [0.25, 0.3) is 0 Å². The first-order valence-corrected chi connectivity index (χ1v) is 7.55. The summed E-state index contributed by atoms with van der Waals surface area (Å²) in [5, 5.41) is 2.82. The summed E-state index contributed by atoms with van der Waals surface area (Å²) < 4.78 is 13.8. The Hall–Kier alpha value is -2.37. The van der Waals surface area contributed by atoms with Crippen LogP contribution >= 0.6 is 0 Å². The zero-order chi connectivity index (χ0) is 15.5. The molecule has 0 spiro atoms. The highest BCUT2D eigenvalue weighted by Crippen LogP contribution is 2.31. The first-order valence-electron chi connectivity index (χ1n) is 7.55. The van der Waals surface area contributed by atoms with Crippen LogP contribution in [0.4, 0.5) is 9.18 Å². The Morgan fingerprint density at radius 1 is 1.50 bits per heavy atom. The number of carbonyl (C=O) groups excluding carboxylic acids is 1. The Morgan fingerprint density at radius 2 is 2.32 bits per heavy atom. The number of hydrogen-bond acceptors (Lipinski definition) is 2. The molecular weight excluding hydrogens is 283 g/mol. The largest absolute Gasteiger partial charge is 0.340 e. The lowest BCUT2D eigenvalue weighted by molar-refractivity contribution is 0.192. The minimum atomic E-state index is -0.287. The molecule has 2 aromatic rings. The van der Waals surface area contributed by atoms with E-state index in [9.17, 15) is 9.18 Å². The molecule has 0 aliphatic carbocycles. The quantitative estimate of drug-likeness (QED) is 0.915. The Bertz CT molecular complexity index is 670. The molecule has 3 rings (SSSR count). The van der Waals surface area contributed by atoms with E-state index in [-0.39, 0.29) is 17.9 Å². The van der Waals surface area contributed by atoms with Gasteiger partial charge in [-0.2, -0.15) is 0 Å². The van der Waals surface area contributed by atoms with Crippen LogP contribution in [0.1, 0.15) is 31.6 Å². The van der Waals surface area contributed by atoms with Gasteiger partial charge in [-0.3, -0.25) is 0 Å². The highest BCUT2D eigenvalue weighted by Gasteiger charge is 2.31. The van der Waals surface area contributed by atoms with E-state index in [1.54, 1.807) is 29.3 Å². The third-order valence-electron chi connectivity index (χ3n) is 3.92. The zero-order valence-electron chi connectivity index (χ0n) is 12.5. The summed E-state index contributed by atoms with van der Waals surface area (Å²) in [6, 6.07) is 6.43. The lowest BCUT2D eigenvalue weighted by Crippen LogP contribution is -2.39. The zero-order valence-corrected chi connectivity index (χ0v) is 12.5. The first-order chi connectivity index (χ1) is 10.7. The van der Waals surface area contributed by atoms with Gasteiger partial charge in [0.05, 0.1) is 17.9 Å². The van der Waals surface area contributed by atoms with Gasteiger partial charge in [0.2, 0.25) is 0 Å². The average molecular weight is 302 g/mol. The summed E-state index contributed by atoms with van der Waals surface area (Å²) in [6.45, 7) is 3.21. The second-order valence-electron chi connectivity index (χ2n) is 5.35. The second kappa shape index (κ2) is 6.17. The van der Waals surface area contributed by atoms with Gasteiger partial charge in [-0.25, -0.2) is 14.2 Å². The summed E-state index contributed by atoms with van der Waals surface area (Å²) in [5.74, 6) is 0.423. The van der Waals surface area contributed by atoms with Crippen LogP contribution in [0.2, 0.25) is 0 Å². The molecule has 2 amide bonds. The van der Waals surface area contributed by atoms with Crippen LogP contribution in [0.5, 0.6) is 0 Å². The van der Waals surface area contributed by atoms with E-state index in [1.165, 1.54) is 6.07 Å². The van der Waals surface area contributed by atoms with E-state index in [0.29, 0.717) is 30.2 Å². The first kappa shape index (κ1) is 14.6. The third-order valence-corrected chi connectivity index (χ3v) is 3.92. The number of rotatable bonds is 3. The van der Waals surface area contributed by atoms with Gasteiger partial charge >= 0.3 is 6.03 Å². The number of benzene rings is 1. The molecule has 22 heavy (non-hydrogen) atoms. The normalized spacial score (nSPS) is 17.7. The smallest absolute Gasteiger partial charge is 0.318 e. The number of amides is 2. The Labute approximate surface area is 128 Å². The molecule has 1 unspecified atom stereocenters. The van der Waals surface area contributed by atoms with Crippen molar-refractivity contribution >= 4 is 6.03 Å². The summed E-state index contributed by atoms with van der Waals surface area (Å²) in [4.78, 5) is 21.4. The fraction of sp³-hybridized carbons (Fsp3) is 0.375. The molecule has 1 saturated heterocycles. The van der Waals surface area contributed by atoms with Gasteiger partial charge in [0.15, 0.2) is 0 Å². The molecule has 1 aliphatic rings. The fourth-order valence-electron chi connectivity index (χ4n) is 2.87. The van der Waals surface area contributed by atoms with Crippen molar-refractivity contribution in [2.45, 2.75) is 25.8 Å². The van der Waals surface area contributed by atoms with E-state index < -0.39 is 0 Å². The van der Waals surface area contributed by atoms with Gasteiger partial charge in [-0.05, 0) is 31.9 Å². The molecular formula is C16H19FN4O. The molecule has 0 bridgehead atoms. The molecule has 2 N–H and O–H groups in total. The average Bonchev–Trinajstić information content (AvgIpc) is 3.17. The molecule has 116 valence electrons. The number of aromatic nitrogens is 2. The van der Waals surface area contributed by atoms with Crippen molar-refractivity contribution in [3.05, 3.63) is 42.1 Å². The van der Waals surface area contributed by atoms with Crippen LogP contribution < -0.4 is 5.32 Å². The van der Waals surface area contributed by atoms with E-state index in [0.717, 1.165) is 12.8 Å². The van der Waals surface area contributed by atoms with Crippen LogP contribution in [0.3, 0.4) is 0 Å². The number of likely N-dealkylation sites (tertiary alicyclic amines) is 1. The lowest BCUT2D eigenvalue weighted by Gasteiger charge is -2.23. The second-order valence-corrected chi connectivity index (χ2v) is 5.35. The summed E-state index contributed by atoms with van der Waals surface area (Å²) in [5.41, 5.74) is 1.12. The van der Waals surface area contributed by atoms with Gasteiger partial charge < -0.3 is 15.2 Å². The lowest BCUT2D eigenvalue weighted by atomic mass is 10.1. The number of nitrogens with zero attached hydrogens (tertiary/aromatic N) is 2. The third kappa shape index (κ3) is 2.68. The number of imidazole rings is 1. The monoisotopic (exact) mass is 302 g/mol. The fourth-order valence-corrected chi connectivity index (χ4v) is 2.87. The molecule has 1 atom stereocenters. The molecule has 0 saturated carbocycles. The maximum absolute atomic E-state index is 13.8. The maximum Gasteiger partial charge on any atom is 0.318 e. The van der Waals surface area contributed by atoms with Crippen molar-refractivity contribution in [3.63, 3.8) is 0 Å². The number of hydrogen-bond donors (Lipinski definition) is 2. The van der Waals surface area contributed by atoms with E-state index in [1.807, 2.05) is 6.92 Å². The van der Waals surface area contributed by atoms with Crippen LogP contribution in [0.15, 0.2) is 30.5 Å². The number of nitrogens with one attached hydrogen (secondary N) is 2. The Morgan fingerprint density at radius 3 is 3.09 bits per heavy atom. The van der Waals surface area contributed by atoms with Gasteiger partial charge in [0.1, 0.15) is 11.6 Å². The molecule has 6 heteroatoms. The molecule has 1 fully saturated rings. The maximum atomic E-state index is 13.8. The SMILES string of the molecule is CCNC(=O)N1CCCC1c1ncc(-c2ccccc2F)[nH]1. The van der Waals surface area contributed by atoms with Gasteiger partial charge in [0, 0.05) is 18.7 Å².